The standard InChI is InChI=1S/C20H30N2O5/c1-6-19(3,4)18(26)21-13-12-20(22-14(2)23,16(24)17(25)27-5)15-10-8-7-9-11-15/h7-11,16,24H,6,12-13H2,1-5H3,(H,21,26)(H,22,23)/t16-,20-/m0/s1. The highest BCUT2D eigenvalue weighted by atomic mass is 16.5. The molecular weight excluding hydrogens is 348 g/mol. The maximum absolute atomic E-state index is 12.3. The number of ether oxygens (including phenoxy) is 1. The first-order valence-corrected chi connectivity index (χ1v) is 8.99. The average molecular weight is 378 g/mol. The Balaban J connectivity index is 3.21. The first-order chi connectivity index (χ1) is 12.6. The first-order valence-electron chi connectivity index (χ1n) is 8.99. The van der Waals surface area contributed by atoms with Crippen molar-refractivity contribution in [2.75, 3.05) is 13.7 Å². The maximum atomic E-state index is 12.3. The lowest BCUT2D eigenvalue weighted by Crippen LogP contribution is -2.58. The van der Waals surface area contributed by atoms with Crippen molar-refractivity contribution >= 4 is 17.8 Å². The number of aliphatic hydroxyl groups is 1. The molecule has 0 spiro atoms. The van der Waals surface area contributed by atoms with Crippen molar-refractivity contribution in [3.8, 4) is 0 Å². The van der Waals surface area contributed by atoms with Gasteiger partial charge in [0, 0.05) is 18.9 Å². The number of methoxy groups -OCH3 is 1. The molecule has 27 heavy (non-hydrogen) atoms. The van der Waals surface area contributed by atoms with Crippen LogP contribution in [0.4, 0.5) is 0 Å². The number of hydrogen-bond donors (Lipinski definition) is 3. The van der Waals surface area contributed by atoms with Gasteiger partial charge in [-0.1, -0.05) is 51.1 Å². The van der Waals surface area contributed by atoms with E-state index >= 15 is 0 Å². The molecule has 1 aromatic rings. The molecule has 1 aromatic carbocycles. The van der Waals surface area contributed by atoms with Crippen molar-refractivity contribution in [3.05, 3.63) is 35.9 Å². The van der Waals surface area contributed by atoms with Crippen LogP contribution in [0.15, 0.2) is 30.3 Å². The zero-order chi connectivity index (χ0) is 20.7. The van der Waals surface area contributed by atoms with Gasteiger partial charge in [-0.05, 0) is 18.4 Å². The quantitative estimate of drug-likeness (QED) is 0.565. The van der Waals surface area contributed by atoms with Gasteiger partial charge in [-0.25, -0.2) is 4.79 Å². The molecule has 0 heterocycles. The van der Waals surface area contributed by atoms with E-state index in [2.05, 4.69) is 10.6 Å². The third-order valence-corrected chi connectivity index (χ3v) is 4.88. The van der Waals surface area contributed by atoms with E-state index in [1.165, 1.54) is 14.0 Å². The van der Waals surface area contributed by atoms with Crippen LogP contribution in [0, 0.1) is 5.41 Å². The average Bonchev–Trinajstić information content (AvgIpc) is 2.65. The van der Waals surface area contributed by atoms with E-state index in [4.69, 9.17) is 4.74 Å². The smallest absolute Gasteiger partial charge is 0.337 e. The Morgan fingerprint density at radius 2 is 1.78 bits per heavy atom. The summed E-state index contributed by atoms with van der Waals surface area (Å²) in [6.45, 7) is 7.06. The monoisotopic (exact) mass is 378 g/mol. The third-order valence-electron chi connectivity index (χ3n) is 4.88. The van der Waals surface area contributed by atoms with Crippen LogP contribution < -0.4 is 10.6 Å². The summed E-state index contributed by atoms with van der Waals surface area (Å²) in [6, 6.07) is 8.70. The molecule has 7 nitrogen and oxygen atoms in total. The fourth-order valence-corrected chi connectivity index (χ4v) is 2.78. The van der Waals surface area contributed by atoms with E-state index in [-0.39, 0.29) is 18.9 Å². The minimum atomic E-state index is -1.63. The molecule has 0 aliphatic carbocycles. The minimum absolute atomic E-state index is 0.110. The second kappa shape index (κ2) is 9.50. The van der Waals surface area contributed by atoms with Gasteiger partial charge in [0.15, 0.2) is 6.10 Å². The van der Waals surface area contributed by atoms with Crippen molar-refractivity contribution in [2.24, 2.45) is 5.41 Å². The zero-order valence-corrected chi connectivity index (χ0v) is 16.7. The molecule has 2 atom stereocenters. The third kappa shape index (κ3) is 5.53. The van der Waals surface area contributed by atoms with E-state index in [0.717, 1.165) is 0 Å². The molecule has 150 valence electrons. The molecule has 0 bridgehead atoms. The van der Waals surface area contributed by atoms with Crippen molar-refractivity contribution < 1.29 is 24.2 Å². The van der Waals surface area contributed by atoms with Crippen molar-refractivity contribution in [3.63, 3.8) is 0 Å². The summed E-state index contributed by atoms with van der Waals surface area (Å²) in [5, 5.41) is 16.2. The van der Waals surface area contributed by atoms with Crippen LogP contribution in [0.5, 0.6) is 0 Å². The van der Waals surface area contributed by atoms with Gasteiger partial charge in [0.05, 0.1) is 7.11 Å². The van der Waals surface area contributed by atoms with E-state index in [1.54, 1.807) is 30.3 Å². The lowest BCUT2D eigenvalue weighted by atomic mass is 9.80. The second-order valence-electron chi connectivity index (χ2n) is 7.19. The van der Waals surface area contributed by atoms with Gasteiger partial charge in [-0.3, -0.25) is 9.59 Å². The summed E-state index contributed by atoms with van der Waals surface area (Å²) in [6.07, 6.45) is -0.859. The Labute approximate surface area is 160 Å². The molecule has 1 rings (SSSR count). The number of nitrogens with one attached hydrogen (secondary N) is 2. The second-order valence-corrected chi connectivity index (χ2v) is 7.19. The molecule has 0 radical (unpaired) electrons. The molecule has 0 aromatic heterocycles. The Hall–Kier alpha value is -2.41. The fourth-order valence-electron chi connectivity index (χ4n) is 2.78. The minimum Gasteiger partial charge on any atom is -0.467 e. The van der Waals surface area contributed by atoms with Crippen LogP contribution in [0.3, 0.4) is 0 Å². The molecule has 0 aliphatic rings. The summed E-state index contributed by atoms with van der Waals surface area (Å²) in [5.41, 5.74) is -1.42. The van der Waals surface area contributed by atoms with Crippen molar-refractivity contribution in [1.29, 1.82) is 0 Å². The highest BCUT2D eigenvalue weighted by molar-refractivity contribution is 5.82. The number of amides is 2. The Kier molecular flexibility index (Phi) is 7.97. The Morgan fingerprint density at radius 1 is 1.19 bits per heavy atom. The van der Waals surface area contributed by atoms with Gasteiger partial charge >= 0.3 is 5.97 Å². The zero-order valence-electron chi connectivity index (χ0n) is 16.7. The normalized spacial score (nSPS) is 14.6. The number of aliphatic hydroxyl groups excluding tert-OH is 1. The van der Waals surface area contributed by atoms with Crippen LogP contribution in [-0.4, -0.2) is 42.6 Å². The Morgan fingerprint density at radius 3 is 2.26 bits per heavy atom. The topological polar surface area (TPSA) is 105 Å². The summed E-state index contributed by atoms with van der Waals surface area (Å²) < 4.78 is 4.69. The van der Waals surface area contributed by atoms with Crippen LogP contribution in [-0.2, 0) is 24.7 Å². The van der Waals surface area contributed by atoms with Crippen molar-refractivity contribution in [1.82, 2.24) is 10.6 Å². The maximum Gasteiger partial charge on any atom is 0.337 e. The number of esters is 1. The molecule has 0 aliphatic heterocycles. The molecule has 0 saturated carbocycles. The fraction of sp³-hybridized carbons (Fsp3) is 0.550. The van der Waals surface area contributed by atoms with Crippen LogP contribution in [0.25, 0.3) is 0 Å². The number of hydrogen-bond acceptors (Lipinski definition) is 5. The highest BCUT2D eigenvalue weighted by Gasteiger charge is 2.45. The van der Waals surface area contributed by atoms with E-state index < -0.39 is 28.9 Å². The summed E-state index contributed by atoms with van der Waals surface area (Å²) in [5.74, 6) is -1.42. The van der Waals surface area contributed by atoms with Gasteiger partial charge in [-0.15, -0.1) is 0 Å². The first kappa shape index (κ1) is 22.6. The Bertz CT molecular complexity index is 660. The lowest BCUT2D eigenvalue weighted by molar-refractivity contribution is -0.156. The lowest BCUT2D eigenvalue weighted by Gasteiger charge is -2.38. The summed E-state index contributed by atoms with van der Waals surface area (Å²) >= 11 is 0. The molecule has 0 fully saturated rings. The number of rotatable bonds is 9. The molecule has 3 N–H and O–H groups in total. The van der Waals surface area contributed by atoms with E-state index in [1.807, 2.05) is 20.8 Å². The summed E-state index contributed by atoms with van der Waals surface area (Å²) in [4.78, 5) is 36.3. The van der Waals surface area contributed by atoms with Gasteiger partial charge in [0.1, 0.15) is 5.54 Å². The van der Waals surface area contributed by atoms with Gasteiger partial charge in [0.2, 0.25) is 11.8 Å². The van der Waals surface area contributed by atoms with E-state index in [9.17, 15) is 19.5 Å². The predicted octanol–water partition coefficient (Wildman–Crippen LogP) is 1.49. The van der Waals surface area contributed by atoms with Gasteiger partial charge in [-0.2, -0.15) is 0 Å². The molecule has 0 saturated heterocycles. The number of carbonyl (C=O) groups is 3. The molecule has 0 unspecified atom stereocenters. The molecule has 2 amide bonds. The van der Waals surface area contributed by atoms with Crippen LogP contribution in [0.1, 0.15) is 46.1 Å². The molecule has 7 heteroatoms. The van der Waals surface area contributed by atoms with Crippen LogP contribution in [0.2, 0.25) is 0 Å². The number of carbonyl (C=O) groups excluding carboxylic acids is 3. The predicted molar refractivity (Wildman–Crippen MR) is 102 cm³/mol. The summed E-state index contributed by atoms with van der Waals surface area (Å²) in [7, 11) is 1.17. The van der Waals surface area contributed by atoms with Crippen molar-refractivity contribution in [2.45, 2.75) is 52.2 Å². The van der Waals surface area contributed by atoms with Gasteiger partial charge < -0.3 is 20.5 Å². The van der Waals surface area contributed by atoms with E-state index in [0.29, 0.717) is 12.0 Å². The van der Waals surface area contributed by atoms with Crippen LogP contribution >= 0.6 is 0 Å². The highest BCUT2D eigenvalue weighted by Crippen LogP contribution is 2.30. The molecular formula is C20H30N2O5. The SMILES string of the molecule is CCC(C)(C)C(=O)NCC[C@](NC(C)=O)(c1ccccc1)[C@@H](O)C(=O)OC. The largest absolute Gasteiger partial charge is 0.467 e. The number of benzene rings is 1. The van der Waals surface area contributed by atoms with Gasteiger partial charge in [0.25, 0.3) is 0 Å².